The Bertz CT molecular complexity index is 649. The fourth-order valence-electron chi connectivity index (χ4n) is 3.39. The van der Waals surface area contributed by atoms with Crippen LogP contribution in [0.5, 0.6) is 0 Å². The number of carbonyl (C=O) groups is 1. The molecule has 132 valence electrons. The van der Waals surface area contributed by atoms with Crippen molar-refractivity contribution in [2.45, 2.75) is 12.5 Å². The minimum absolute atomic E-state index is 0.0854. The topological polar surface area (TPSA) is 69.7 Å². The molecule has 3 rings (SSSR count). The van der Waals surface area contributed by atoms with Crippen LogP contribution in [0.3, 0.4) is 0 Å². The van der Waals surface area contributed by atoms with Crippen LogP contribution in [-0.2, 0) is 14.6 Å². The van der Waals surface area contributed by atoms with Gasteiger partial charge in [-0.2, -0.15) is 0 Å². The van der Waals surface area contributed by atoms with Gasteiger partial charge in [0, 0.05) is 51.7 Å². The van der Waals surface area contributed by atoms with E-state index in [-0.39, 0.29) is 23.5 Å². The molecule has 0 aromatic heterocycles. The fraction of sp³-hybridized carbons (Fsp3) is 0.588. The zero-order chi connectivity index (χ0) is 17.0. The Morgan fingerprint density at radius 2 is 1.75 bits per heavy atom. The van der Waals surface area contributed by atoms with E-state index in [4.69, 9.17) is 0 Å². The second-order valence-electron chi connectivity index (χ2n) is 6.51. The third-order valence-corrected chi connectivity index (χ3v) is 6.47. The van der Waals surface area contributed by atoms with E-state index < -0.39 is 9.84 Å². The number of rotatable bonds is 4. The number of amides is 1. The van der Waals surface area contributed by atoms with E-state index in [1.54, 1.807) is 0 Å². The Kier molecular flexibility index (Phi) is 5.53. The standard InChI is InChI=1S/C17H25N3O3S/c21-17-14-16(15-4-2-1-3-5-15)20(7-6-18-17)9-8-19-10-12-24(22,23)13-11-19/h1-5,16H,6-14H2,(H,18,21)/t16-/m1/s1. The van der Waals surface area contributed by atoms with Crippen LogP contribution in [-0.4, -0.2) is 74.9 Å². The largest absolute Gasteiger partial charge is 0.355 e. The van der Waals surface area contributed by atoms with Gasteiger partial charge in [0.25, 0.3) is 0 Å². The highest BCUT2D eigenvalue weighted by Gasteiger charge is 2.27. The van der Waals surface area contributed by atoms with Crippen molar-refractivity contribution < 1.29 is 13.2 Å². The van der Waals surface area contributed by atoms with Gasteiger partial charge in [-0.25, -0.2) is 8.42 Å². The minimum atomic E-state index is -2.84. The van der Waals surface area contributed by atoms with Crippen molar-refractivity contribution in [2.24, 2.45) is 0 Å². The molecule has 0 aliphatic carbocycles. The number of sulfone groups is 1. The highest BCUT2D eigenvalue weighted by molar-refractivity contribution is 7.91. The second-order valence-corrected chi connectivity index (χ2v) is 8.81. The number of hydrogen-bond acceptors (Lipinski definition) is 5. The third-order valence-electron chi connectivity index (χ3n) is 4.87. The van der Waals surface area contributed by atoms with Crippen LogP contribution in [0.25, 0.3) is 0 Å². The molecule has 2 aliphatic rings. The molecule has 0 saturated carbocycles. The fourth-order valence-corrected chi connectivity index (χ4v) is 4.66. The predicted octanol–water partition coefficient (Wildman–Crippen LogP) is 0.280. The van der Waals surface area contributed by atoms with Crippen molar-refractivity contribution in [3.05, 3.63) is 35.9 Å². The van der Waals surface area contributed by atoms with Gasteiger partial charge in [-0.3, -0.25) is 9.69 Å². The lowest BCUT2D eigenvalue weighted by Crippen LogP contribution is -2.44. The summed E-state index contributed by atoms with van der Waals surface area (Å²) >= 11 is 0. The van der Waals surface area contributed by atoms with Crippen molar-refractivity contribution in [1.29, 1.82) is 0 Å². The lowest BCUT2D eigenvalue weighted by molar-refractivity contribution is -0.121. The molecule has 1 aromatic carbocycles. The van der Waals surface area contributed by atoms with Crippen LogP contribution in [0.15, 0.2) is 30.3 Å². The maximum Gasteiger partial charge on any atom is 0.221 e. The molecule has 2 saturated heterocycles. The first kappa shape index (κ1) is 17.4. The van der Waals surface area contributed by atoms with Crippen molar-refractivity contribution in [3.8, 4) is 0 Å². The molecule has 0 bridgehead atoms. The Labute approximate surface area is 143 Å². The summed E-state index contributed by atoms with van der Waals surface area (Å²) in [6.07, 6.45) is 0.471. The smallest absolute Gasteiger partial charge is 0.221 e. The Balaban J connectivity index is 1.64. The number of benzene rings is 1. The predicted molar refractivity (Wildman–Crippen MR) is 93.5 cm³/mol. The monoisotopic (exact) mass is 351 g/mol. The van der Waals surface area contributed by atoms with Gasteiger partial charge in [-0.15, -0.1) is 0 Å². The van der Waals surface area contributed by atoms with Crippen LogP contribution in [0.2, 0.25) is 0 Å². The molecule has 6 nitrogen and oxygen atoms in total. The highest BCUT2D eigenvalue weighted by atomic mass is 32.2. The van der Waals surface area contributed by atoms with E-state index in [9.17, 15) is 13.2 Å². The van der Waals surface area contributed by atoms with Crippen LogP contribution in [0.4, 0.5) is 0 Å². The number of nitrogens with zero attached hydrogens (tertiary/aromatic N) is 2. The molecule has 1 atom stereocenters. The number of nitrogens with one attached hydrogen (secondary N) is 1. The summed E-state index contributed by atoms with van der Waals surface area (Å²) in [5.74, 6) is 0.611. The van der Waals surface area contributed by atoms with Crippen molar-refractivity contribution >= 4 is 15.7 Å². The molecule has 0 unspecified atom stereocenters. The normalized spacial score (nSPS) is 25.8. The first-order valence-corrected chi connectivity index (χ1v) is 10.3. The molecule has 7 heteroatoms. The third kappa shape index (κ3) is 4.55. The molecule has 0 radical (unpaired) electrons. The second kappa shape index (κ2) is 7.63. The van der Waals surface area contributed by atoms with Gasteiger partial charge in [0.1, 0.15) is 0 Å². The van der Waals surface area contributed by atoms with E-state index in [0.29, 0.717) is 26.1 Å². The molecule has 1 aromatic rings. The first-order valence-electron chi connectivity index (χ1n) is 8.52. The van der Waals surface area contributed by atoms with E-state index >= 15 is 0 Å². The Morgan fingerprint density at radius 1 is 1.04 bits per heavy atom. The van der Waals surface area contributed by atoms with Gasteiger partial charge in [-0.1, -0.05) is 30.3 Å². The summed E-state index contributed by atoms with van der Waals surface area (Å²) in [5.41, 5.74) is 1.16. The number of hydrogen-bond donors (Lipinski definition) is 1. The van der Waals surface area contributed by atoms with Gasteiger partial charge >= 0.3 is 0 Å². The Morgan fingerprint density at radius 3 is 2.46 bits per heavy atom. The molecule has 2 aliphatic heterocycles. The van der Waals surface area contributed by atoms with Gasteiger partial charge in [0.2, 0.25) is 5.91 Å². The quantitative estimate of drug-likeness (QED) is 0.844. The average molecular weight is 351 g/mol. The summed E-state index contributed by atoms with van der Waals surface area (Å²) in [7, 11) is -2.84. The maximum absolute atomic E-state index is 12.0. The summed E-state index contributed by atoms with van der Waals surface area (Å²) < 4.78 is 23.1. The van der Waals surface area contributed by atoms with E-state index in [2.05, 4.69) is 27.2 Å². The minimum Gasteiger partial charge on any atom is -0.355 e. The summed E-state index contributed by atoms with van der Waals surface area (Å²) in [4.78, 5) is 16.5. The van der Waals surface area contributed by atoms with Crippen LogP contribution < -0.4 is 5.32 Å². The number of carbonyl (C=O) groups excluding carboxylic acids is 1. The summed E-state index contributed by atoms with van der Waals surface area (Å²) in [6.45, 7) is 4.39. The van der Waals surface area contributed by atoms with E-state index in [0.717, 1.165) is 25.2 Å². The zero-order valence-corrected chi connectivity index (χ0v) is 14.7. The molecule has 2 fully saturated rings. The van der Waals surface area contributed by atoms with Crippen LogP contribution in [0.1, 0.15) is 18.0 Å². The summed E-state index contributed by atoms with van der Waals surface area (Å²) in [5, 5.41) is 2.95. The average Bonchev–Trinajstić information content (AvgIpc) is 2.76. The van der Waals surface area contributed by atoms with E-state index in [1.807, 2.05) is 18.2 Å². The lowest BCUT2D eigenvalue weighted by atomic mass is 10.0. The van der Waals surface area contributed by atoms with E-state index in [1.165, 1.54) is 0 Å². The lowest BCUT2D eigenvalue weighted by Gasteiger charge is -2.33. The molecule has 1 amide bonds. The first-order chi connectivity index (χ1) is 11.5. The Hall–Kier alpha value is -1.44. The van der Waals surface area contributed by atoms with Crippen molar-refractivity contribution in [2.75, 3.05) is 50.8 Å². The van der Waals surface area contributed by atoms with Gasteiger partial charge < -0.3 is 10.2 Å². The molecule has 2 heterocycles. The maximum atomic E-state index is 12.0. The SMILES string of the molecule is O=C1C[C@H](c2ccccc2)N(CCN2CCS(=O)(=O)CC2)CCN1. The van der Waals surface area contributed by atoms with Gasteiger partial charge in [-0.05, 0) is 5.56 Å². The van der Waals surface area contributed by atoms with Crippen LogP contribution in [0, 0.1) is 0 Å². The van der Waals surface area contributed by atoms with Crippen molar-refractivity contribution in [3.63, 3.8) is 0 Å². The van der Waals surface area contributed by atoms with Gasteiger partial charge in [0.05, 0.1) is 11.5 Å². The van der Waals surface area contributed by atoms with Gasteiger partial charge in [0.15, 0.2) is 9.84 Å². The molecular weight excluding hydrogens is 326 g/mol. The molecule has 1 N–H and O–H groups in total. The summed E-state index contributed by atoms with van der Waals surface area (Å²) in [6, 6.07) is 10.2. The van der Waals surface area contributed by atoms with Crippen molar-refractivity contribution in [1.82, 2.24) is 15.1 Å². The highest BCUT2D eigenvalue weighted by Crippen LogP contribution is 2.25. The van der Waals surface area contributed by atoms with Crippen LogP contribution >= 0.6 is 0 Å². The zero-order valence-electron chi connectivity index (χ0n) is 13.9. The molecule has 24 heavy (non-hydrogen) atoms. The molecule has 0 spiro atoms. The molecular formula is C17H25N3O3S.